The maximum atomic E-state index is 9.64. The Morgan fingerprint density at radius 1 is 1.20 bits per heavy atom. The van der Waals surface area contributed by atoms with Crippen molar-refractivity contribution < 1.29 is 5.11 Å². The van der Waals surface area contributed by atoms with Crippen molar-refractivity contribution in [2.45, 2.75) is 45.1 Å². The molecule has 0 saturated heterocycles. The van der Waals surface area contributed by atoms with Gasteiger partial charge in [0.25, 0.3) is 0 Å². The van der Waals surface area contributed by atoms with Crippen molar-refractivity contribution in [2.75, 3.05) is 0 Å². The van der Waals surface area contributed by atoms with Crippen LogP contribution in [-0.2, 0) is 6.42 Å². The summed E-state index contributed by atoms with van der Waals surface area (Å²) in [6.45, 7) is 4.34. The van der Waals surface area contributed by atoms with E-state index in [0.29, 0.717) is 11.8 Å². The van der Waals surface area contributed by atoms with Crippen LogP contribution in [0.1, 0.15) is 43.7 Å². The van der Waals surface area contributed by atoms with E-state index in [1.165, 1.54) is 11.1 Å². The number of aliphatic hydroxyl groups is 1. The summed E-state index contributed by atoms with van der Waals surface area (Å²) in [5.74, 6) is 1.08. The number of hydrogen-bond donors (Lipinski definition) is 1. The summed E-state index contributed by atoms with van der Waals surface area (Å²) in [7, 11) is 0. The van der Waals surface area contributed by atoms with E-state index in [2.05, 4.69) is 38.1 Å². The lowest BCUT2D eigenvalue weighted by Crippen LogP contribution is -2.38. The van der Waals surface area contributed by atoms with Gasteiger partial charge in [0.05, 0.1) is 6.10 Å². The SMILES string of the molecule is CCc1ccc(C2CC(O)C2CC)cc1. The molecule has 15 heavy (non-hydrogen) atoms. The van der Waals surface area contributed by atoms with Crippen LogP contribution in [0.3, 0.4) is 0 Å². The van der Waals surface area contributed by atoms with Crippen LogP contribution < -0.4 is 0 Å². The smallest absolute Gasteiger partial charge is 0.0580 e. The monoisotopic (exact) mass is 204 g/mol. The van der Waals surface area contributed by atoms with E-state index in [-0.39, 0.29) is 6.10 Å². The zero-order valence-corrected chi connectivity index (χ0v) is 9.61. The Morgan fingerprint density at radius 3 is 2.33 bits per heavy atom. The molecule has 2 rings (SSSR count). The molecular formula is C14H20O. The van der Waals surface area contributed by atoms with E-state index in [0.717, 1.165) is 19.3 Å². The van der Waals surface area contributed by atoms with E-state index >= 15 is 0 Å². The first-order valence-electron chi connectivity index (χ1n) is 6.03. The summed E-state index contributed by atoms with van der Waals surface area (Å²) >= 11 is 0. The summed E-state index contributed by atoms with van der Waals surface area (Å²) in [5, 5.41) is 9.64. The molecule has 1 saturated carbocycles. The van der Waals surface area contributed by atoms with E-state index < -0.39 is 0 Å². The first kappa shape index (κ1) is 10.7. The zero-order valence-electron chi connectivity index (χ0n) is 9.61. The number of aliphatic hydroxyl groups excluding tert-OH is 1. The Hall–Kier alpha value is -0.820. The normalized spacial score (nSPS) is 29.9. The van der Waals surface area contributed by atoms with Gasteiger partial charge in [-0.15, -0.1) is 0 Å². The first-order chi connectivity index (χ1) is 7.26. The molecule has 1 heteroatoms. The van der Waals surface area contributed by atoms with Gasteiger partial charge in [-0.2, -0.15) is 0 Å². The second kappa shape index (κ2) is 4.36. The molecule has 3 atom stereocenters. The van der Waals surface area contributed by atoms with Gasteiger partial charge in [0.1, 0.15) is 0 Å². The number of rotatable bonds is 3. The number of benzene rings is 1. The van der Waals surface area contributed by atoms with E-state index in [4.69, 9.17) is 0 Å². The molecule has 0 amide bonds. The molecule has 1 fully saturated rings. The Bertz CT molecular complexity index is 315. The highest BCUT2D eigenvalue weighted by atomic mass is 16.3. The van der Waals surface area contributed by atoms with Gasteiger partial charge in [-0.1, -0.05) is 44.5 Å². The average molecular weight is 204 g/mol. The van der Waals surface area contributed by atoms with Crippen molar-refractivity contribution in [3.05, 3.63) is 35.4 Å². The minimum atomic E-state index is -0.0640. The van der Waals surface area contributed by atoms with Gasteiger partial charge in [-0.05, 0) is 35.8 Å². The summed E-state index contributed by atoms with van der Waals surface area (Å²) < 4.78 is 0. The standard InChI is InChI=1S/C14H20O/c1-3-10-5-7-11(8-6-10)13-9-14(15)12(13)4-2/h5-8,12-15H,3-4,9H2,1-2H3. The maximum Gasteiger partial charge on any atom is 0.0580 e. The van der Waals surface area contributed by atoms with Gasteiger partial charge >= 0.3 is 0 Å². The molecule has 1 aromatic rings. The molecule has 0 aromatic heterocycles. The molecule has 0 spiro atoms. The molecule has 82 valence electrons. The van der Waals surface area contributed by atoms with Gasteiger partial charge in [0.2, 0.25) is 0 Å². The second-order valence-electron chi connectivity index (χ2n) is 4.58. The van der Waals surface area contributed by atoms with Crippen molar-refractivity contribution in [3.8, 4) is 0 Å². The fourth-order valence-corrected chi connectivity index (χ4v) is 2.62. The van der Waals surface area contributed by atoms with Crippen LogP contribution >= 0.6 is 0 Å². The van der Waals surface area contributed by atoms with E-state index in [9.17, 15) is 5.11 Å². The third-order valence-electron chi connectivity index (χ3n) is 3.79. The number of hydrogen-bond acceptors (Lipinski definition) is 1. The molecular weight excluding hydrogens is 184 g/mol. The third kappa shape index (κ3) is 1.93. The quantitative estimate of drug-likeness (QED) is 0.802. The van der Waals surface area contributed by atoms with Crippen molar-refractivity contribution in [1.82, 2.24) is 0 Å². The van der Waals surface area contributed by atoms with Crippen LogP contribution in [0.2, 0.25) is 0 Å². The van der Waals surface area contributed by atoms with E-state index in [1.54, 1.807) is 0 Å². The highest BCUT2D eigenvalue weighted by molar-refractivity contribution is 5.28. The number of aryl methyl sites for hydroxylation is 1. The van der Waals surface area contributed by atoms with Crippen LogP contribution in [0.15, 0.2) is 24.3 Å². The molecule has 0 aliphatic heterocycles. The largest absolute Gasteiger partial charge is 0.393 e. The average Bonchev–Trinajstić information content (AvgIpc) is 2.26. The van der Waals surface area contributed by atoms with Crippen LogP contribution in [0.4, 0.5) is 0 Å². The molecule has 1 N–H and O–H groups in total. The molecule has 1 aliphatic carbocycles. The Balaban J connectivity index is 2.10. The summed E-state index contributed by atoms with van der Waals surface area (Å²) in [6, 6.07) is 8.90. The molecule has 1 aliphatic rings. The van der Waals surface area contributed by atoms with Crippen LogP contribution in [0, 0.1) is 5.92 Å². The fraction of sp³-hybridized carbons (Fsp3) is 0.571. The van der Waals surface area contributed by atoms with Gasteiger partial charge in [-0.3, -0.25) is 0 Å². The lowest BCUT2D eigenvalue weighted by molar-refractivity contribution is -0.000727. The topological polar surface area (TPSA) is 20.2 Å². The minimum absolute atomic E-state index is 0.0640. The second-order valence-corrected chi connectivity index (χ2v) is 4.58. The molecule has 0 radical (unpaired) electrons. The lowest BCUT2D eigenvalue weighted by Gasteiger charge is -2.41. The molecule has 0 bridgehead atoms. The Morgan fingerprint density at radius 2 is 1.87 bits per heavy atom. The van der Waals surface area contributed by atoms with Crippen molar-refractivity contribution in [2.24, 2.45) is 5.92 Å². The summed E-state index contributed by atoms with van der Waals surface area (Å²) in [5.41, 5.74) is 2.80. The maximum absolute atomic E-state index is 9.64. The van der Waals surface area contributed by atoms with Gasteiger partial charge < -0.3 is 5.11 Å². The lowest BCUT2D eigenvalue weighted by atomic mass is 9.66. The summed E-state index contributed by atoms with van der Waals surface area (Å²) in [4.78, 5) is 0. The van der Waals surface area contributed by atoms with Gasteiger partial charge in [0.15, 0.2) is 0 Å². The Kier molecular flexibility index (Phi) is 3.11. The van der Waals surface area contributed by atoms with Crippen molar-refractivity contribution in [3.63, 3.8) is 0 Å². The Labute approximate surface area is 92.1 Å². The minimum Gasteiger partial charge on any atom is -0.393 e. The van der Waals surface area contributed by atoms with Crippen molar-refractivity contribution >= 4 is 0 Å². The van der Waals surface area contributed by atoms with Gasteiger partial charge in [-0.25, -0.2) is 0 Å². The molecule has 0 heterocycles. The highest BCUT2D eigenvalue weighted by Crippen LogP contribution is 2.44. The van der Waals surface area contributed by atoms with Gasteiger partial charge in [0, 0.05) is 0 Å². The summed E-state index contributed by atoms with van der Waals surface area (Å²) in [6.07, 6.45) is 3.07. The van der Waals surface area contributed by atoms with Crippen molar-refractivity contribution in [1.29, 1.82) is 0 Å². The molecule has 3 unspecified atom stereocenters. The predicted octanol–water partition coefficient (Wildman–Crippen LogP) is 3.12. The third-order valence-corrected chi connectivity index (χ3v) is 3.79. The van der Waals surface area contributed by atoms with Crippen LogP contribution in [-0.4, -0.2) is 11.2 Å². The predicted molar refractivity (Wildman–Crippen MR) is 63.0 cm³/mol. The highest BCUT2D eigenvalue weighted by Gasteiger charge is 2.38. The molecule has 1 aromatic carbocycles. The van der Waals surface area contributed by atoms with Crippen LogP contribution in [0.5, 0.6) is 0 Å². The first-order valence-corrected chi connectivity index (χ1v) is 6.03. The zero-order chi connectivity index (χ0) is 10.8. The fourth-order valence-electron chi connectivity index (χ4n) is 2.62. The van der Waals surface area contributed by atoms with E-state index in [1.807, 2.05) is 0 Å². The van der Waals surface area contributed by atoms with Crippen LogP contribution in [0.25, 0.3) is 0 Å². The molecule has 1 nitrogen and oxygen atoms in total.